The maximum Gasteiger partial charge on any atom is 0.364 e. The van der Waals surface area contributed by atoms with Gasteiger partial charge in [0.1, 0.15) is 23.9 Å². The fourth-order valence-electron chi connectivity index (χ4n) is 3.36. The van der Waals surface area contributed by atoms with Gasteiger partial charge in [-0.1, -0.05) is 13.3 Å². The van der Waals surface area contributed by atoms with E-state index in [9.17, 15) is 14.4 Å². The molecule has 0 saturated heterocycles. The van der Waals surface area contributed by atoms with Crippen molar-refractivity contribution in [1.29, 1.82) is 0 Å². The Hall–Kier alpha value is -3.05. The Bertz CT molecular complexity index is 1330. The molecule has 0 radical (unpaired) electrons. The second-order valence-corrected chi connectivity index (χ2v) is 10.0. The Morgan fingerprint density at radius 2 is 1.86 bits per heavy atom. The number of aryl methyl sites for hydroxylation is 2. The number of carbonyl (C=O) groups excluding carboxylic acids is 1. The number of esters is 1. The maximum atomic E-state index is 12.5. The summed E-state index contributed by atoms with van der Waals surface area (Å²) in [6, 6.07) is 8.73. The molecule has 1 N–H and O–H groups in total. The van der Waals surface area contributed by atoms with Gasteiger partial charge in [-0.15, -0.1) is 0 Å². The summed E-state index contributed by atoms with van der Waals surface area (Å²) in [5.74, 6) is 2.60. The van der Waals surface area contributed by atoms with E-state index in [4.69, 9.17) is 14.2 Å². The lowest BCUT2D eigenvalue weighted by atomic mass is 10.1. The molecule has 0 atom stereocenters. The van der Waals surface area contributed by atoms with Crippen LogP contribution in [-0.4, -0.2) is 46.0 Å². The topological polar surface area (TPSA) is 113 Å². The number of methoxy groups -OCH3 is 1. The number of H-pyrrole nitrogens is 1. The zero-order valence-electron chi connectivity index (χ0n) is 20.6. The molecule has 9 nitrogen and oxygen atoms in total. The molecule has 0 aliphatic carbocycles. The van der Waals surface area contributed by atoms with Gasteiger partial charge in [-0.25, -0.2) is 9.59 Å². The quantitative estimate of drug-likeness (QED) is 0.255. The molecule has 1 heterocycles. The number of nitrogens with one attached hydrogen (secondary N) is 1. The van der Waals surface area contributed by atoms with Crippen LogP contribution in [0.2, 0.25) is 0 Å². The molecule has 0 bridgehead atoms. The number of hydrogen-bond acceptors (Lipinski definition) is 8. The first-order valence-electron chi connectivity index (χ1n) is 11.4. The number of hydrogen-bond donors (Lipinski definition) is 1. The van der Waals surface area contributed by atoms with Crippen molar-refractivity contribution < 1.29 is 19.0 Å². The first-order valence-corrected chi connectivity index (χ1v) is 13.3. The lowest BCUT2D eigenvalue weighted by Crippen LogP contribution is -2.36. The molecular weight excluding hydrogens is 550 g/mol. The fourth-order valence-corrected chi connectivity index (χ4v) is 4.78. The molecule has 36 heavy (non-hydrogen) atoms. The van der Waals surface area contributed by atoms with Crippen LogP contribution in [0, 0.1) is 13.8 Å². The number of aromatic nitrogens is 3. The van der Waals surface area contributed by atoms with Crippen LogP contribution in [0.5, 0.6) is 17.2 Å². The molecule has 0 saturated carbocycles. The van der Waals surface area contributed by atoms with Gasteiger partial charge in [0.2, 0.25) is 5.69 Å². The van der Waals surface area contributed by atoms with E-state index in [2.05, 4.69) is 32.9 Å². The van der Waals surface area contributed by atoms with Crippen LogP contribution in [0.4, 0.5) is 0 Å². The zero-order valence-corrected chi connectivity index (χ0v) is 23.0. The van der Waals surface area contributed by atoms with Crippen LogP contribution in [0.3, 0.4) is 0 Å². The van der Waals surface area contributed by atoms with E-state index in [0.717, 1.165) is 38.9 Å². The van der Waals surface area contributed by atoms with E-state index in [1.165, 1.54) is 0 Å². The zero-order chi connectivity index (χ0) is 26.2. The van der Waals surface area contributed by atoms with E-state index in [0.29, 0.717) is 28.7 Å². The smallest absolute Gasteiger partial charge is 0.364 e. The summed E-state index contributed by atoms with van der Waals surface area (Å²) in [4.78, 5) is 39.3. The highest BCUT2D eigenvalue weighted by molar-refractivity contribution is 9.10. The van der Waals surface area contributed by atoms with Crippen molar-refractivity contribution in [3.63, 3.8) is 0 Å². The van der Waals surface area contributed by atoms with Crippen molar-refractivity contribution in [2.45, 2.75) is 33.6 Å². The number of nitrogens with zero attached hydrogens (tertiary/aromatic N) is 2. The van der Waals surface area contributed by atoms with Gasteiger partial charge >= 0.3 is 11.7 Å². The minimum atomic E-state index is -0.890. The van der Waals surface area contributed by atoms with Gasteiger partial charge in [-0.05, 0) is 83.4 Å². The fraction of sp³-hybridized carbons (Fsp3) is 0.360. The number of ether oxygens (including phenoxy) is 3. The summed E-state index contributed by atoms with van der Waals surface area (Å²) in [7, 11) is 1.58. The van der Waals surface area contributed by atoms with E-state index in [1.807, 2.05) is 13.8 Å². The van der Waals surface area contributed by atoms with Crippen LogP contribution < -0.4 is 20.7 Å². The summed E-state index contributed by atoms with van der Waals surface area (Å²) in [5.41, 5.74) is -0.308. The summed E-state index contributed by atoms with van der Waals surface area (Å²) in [6.07, 6.45) is 2.18. The minimum Gasteiger partial charge on any atom is -0.496 e. The lowest BCUT2D eigenvalue weighted by molar-refractivity contribution is 0.0518. The van der Waals surface area contributed by atoms with Crippen LogP contribution in [0.25, 0.3) is 5.69 Å². The second kappa shape index (κ2) is 12.8. The van der Waals surface area contributed by atoms with Gasteiger partial charge in [0, 0.05) is 5.75 Å². The Balaban J connectivity index is 1.83. The number of benzene rings is 2. The molecule has 3 aromatic rings. The number of halogens is 1. The van der Waals surface area contributed by atoms with E-state index in [-0.39, 0.29) is 6.61 Å². The van der Waals surface area contributed by atoms with Gasteiger partial charge in [0.05, 0.1) is 17.3 Å². The lowest BCUT2D eigenvalue weighted by Gasteiger charge is -2.15. The van der Waals surface area contributed by atoms with Gasteiger partial charge < -0.3 is 14.2 Å². The molecule has 0 spiro atoms. The molecular formula is C25H28BrN3O6S. The predicted octanol–water partition coefficient (Wildman–Crippen LogP) is 4.79. The molecule has 1 aromatic heterocycles. The van der Waals surface area contributed by atoms with Crippen LogP contribution in [-0.2, 0) is 4.74 Å². The standard InChI is InChI=1S/C25H28BrN3O6S/c1-5-6-10-36-11-9-34-24(31)21-23(30)27-25(32)29(28-21)17-12-15(2)22(16(3)13-17)35-18-7-8-20(33-4)19(26)14-18/h7-8,12-14H,5-6,9-11H2,1-4H3,(H,27,30,32). The highest BCUT2D eigenvalue weighted by atomic mass is 79.9. The normalized spacial score (nSPS) is 10.8. The number of thioether (sulfide) groups is 1. The Morgan fingerprint density at radius 3 is 2.50 bits per heavy atom. The van der Waals surface area contributed by atoms with Crippen LogP contribution in [0.1, 0.15) is 41.4 Å². The molecule has 2 aromatic carbocycles. The SMILES string of the molecule is CCCCSCCOC(=O)c1nn(-c2cc(C)c(Oc3ccc(OC)c(Br)c3)c(C)c2)c(=O)[nH]c1=O. The summed E-state index contributed by atoms with van der Waals surface area (Å²) < 4.78 is 18.2. The van der Waals surface area contributed by atoms with Gasteiger partial charge in [0.15, 0.2) is 0 Å². The summed E-state index contributed by atoms with van der Waals surface area (Å²) in [5, 5.41) is 4.02. The first-order chi connectivity index (χ1) is 17.2. The minimum absolute atomic E-state index is 0.152. The van der Waals surface area contributed by atoms with Crippen molar-refractivity contribution in [3.05, 3.63) is 72.5 Å². The third kappa shape index (κ3) is 6.79. The van der Waals surface area contributed by atoms with Crippen LogP contribution >= 0.6 is 27.7 Å². The Kier molecular flexibility index (Phi) is 9.77. The molecule has 192 valence electrons. The molecule has 0 aliphatic heterocycles. The number of aromatic amines is 1. The van der Waals surface area contributed by atoms with Crippen molar-refractivity contribution in [1.82, 2.24) is 14.8 Å². The first kappa shape index (κ1) is 27.5. The highest BCUT2D eigenvalue weighted by Crippen LogP contribution is 2.34. The second-order valence-electron chi connectivity index (χ2n) is 7.93. The molecule has 0 fully saturated rings. The average Bonchev–Trinajstić information content (AvgIpc) is 2.83. The van der Waals surface area contributed by atoms with Gasteiger partial charge in [0.25, 0.3) is 5.56 Å². The third-order valence-corrected chi connectivity index (χ3v) is 6.81. The van der Waals surface area contributed by atoms with Gasteiger partial charge in [-0.3, -0.25) is 9.78 Å². The predicted molar refractivity (Wildman–Crippen MR) is 143 cm³/mol. The average molecular weight is 578 g/mol. The molecule has 0 unspecified atom stereocenters. The van der Waals surface area contributed by atoms with Crippen LogP contribution in [0.15, 0.2) is 44.4 Å². The van der Waals surface area contributed by atoms with E-state index < -0.39 is 22.9 Å². The van der Waals surface area contributed by atoms with Crippen molar-refractivity contribution >= 4 is 33.7 Å². The summed E-state index contributed by atoms with van der Waals surface area (Å²) >= 11 is 5.11. The monoisotopic (exact) mass is 577 g/mol. The molecule has 11 heteroatoms. The number of unbranched alkanes of at least 4 members (excludes halogenated alkanes) is 1. The maximum absolute atomic E-state index is 12.5. The molecule has 0 aliphatic rings. The number of rotatable bonds is 11. The Morgan fingerprint density at radius 1 is 1.14 bits per heavy atom. The summed E-state index contributed by atoms with van der Waals surface area (Å²) in [6.45, 7) is 5.91. The van der Waals surface area contributed by atoms with Crippen molar-refractivity contribution in [2.75, 3.05) is 25.2 Å². The number of carbonyl (C=O) groups is 1. The molecule has 0 amide bonds. The van der Waals surface area contributed by atoms with E-state index in [1.54, 1.807) is 49.2 Å². The largest absolute Gasteiger partial charge is 0.496 e. The Labute approximate surface area is 221 Å². The molecule has 3 rings (SSSR count). The van der Waals surface area contributed by atoms with Gasteiger partial charge in [-0.2, -0.15) is 21.5 Å². The highest BCUT2D eigenvalue weighted by Gasteiger charge is 2.19. The third-order valence-electron chi connectivity index (χ3n) is 5.16. The van der Waals surface area contributed by atoms with Crippen molar-refractivity contribution in [2.24, 2.45) is 0 Å². The van der Waals surface area contributed by atoms with Crippen molar-refractivity contribution in [3.8, 4) is 22.9 Å². The van der Waals surface area contributed by atoms with E-state index >= 15 is 0 Å².